The second-order valence-electron chi connectivity index (χ2n) is 8.43. The highest BCUT2D eigenvalue weighted by atomic mass is 16.8. The molecule has 0 amide bonds. The molecule has 1 aliphatic rings. The first-order chi connectivity index (χ1) is 14.4. The molecule has 1 aromatic rings. The third-order valence-electron chi connectivity index (χ3n) is 3.42. The fourth-order valence-electron chi connectivity index (χ4n) is 2.28. The zero-order valence-corrected chi connectivity index (χ0v) is 20.1. The second kappa shape index (κ2) is 13.5. The molecule has 0 bridgehead atoms. The molecule has 1 aromatic carbocycles. The Hall–Kier alpha value is -2.79. The predicted molar refractivity (Wildman–Crippen MR) is 121 cm³/mol. The van der Waals surface area contributed by atoms with Crippen molar-refractivity contribution in [3.63, 3.8) is 0 Å². The average molecular weight is 436 g/mol. The van der Waals surface area contributed by atoms with Crippen LogP contribution in [0.1, 0.15) is 61.0 Å². The lowest BCUT2D eigenvalue weighted by Crippen LogP contribution is -2.43. The van der Waals surface area contributed by atoms with Gasteiger partial charge in [-0.25, -0.2) is 9.59 Å². The number of carbonyl (C=O) groups is 2. The number of piperazine rings is 1. The summed E-state index contributed by atoms with van der Waals surface area (Å²) < 4.78 is 13.8. The van der Waals surface area contributed by atoms with E-state index in [1.165, 1.54) is 5.69 Å². The maximum absolute atomic E-state index is 11.0. The van der Waals surface area contributed by atoms with E-state index < -0.39 is 23.5 Å². The minimum Gasteiger partial charge on any atom is -0.428 e. The third-order valence-corrected chi connectivity index (χ3v) is 3.42. The largest absolute Gasteiger partial charge is 0.519 e. The summed E-state index contributed by atoms with van der Waals surface area (Å²) >= 11 is 0. The Kier molecular flexibility index (Phi) is 12.3. The standard InChI is InChI=1S/C11H13N3.C10H18O5.C2H6/c12-9-10-1-3-11(4-2-10)14-7-5-13-6-8-14;1-9(2,3)14-7(11)13-8(12)15-10(4,5)6;1-2/h1-4,13H,5-8H2;1-6H3;1-2H3. The van der Waals surface area contributed by atoms with E-state index in [0.29, 0.717) is 0 Å². The maximum atomic E-state index is 11.0. The number of ether oxygens (including phenoxy) is 3. The van der Waals surface area contributed by atoms with Crippen LogP contribution in [0.25, 0.3) is 0 Å². The predicted octanol–water partition coefficient (Wildman–Crippen LogP) is 4.87. The van der Waals surface area contributed by atoms with Crippen molar-refractivity contribution in [2.24, 2.45) is 0 Å². The van der Waals surface area contributed by atoms with Gasteiger partial charge in [-0.2, -0.15) is 5.26 Å². The van der Waals surface area contributed by atoms with Gasteiger partial charge >= 0.3 is 12.3 Å². The lowest BCUT2D eigenvalue weighted by molar-refractivity contribution is -0.0293. The number of benzene rings is 1. The van der Waals surface area contributed by atoms with Gasteiger partial charge < -0.3 is 24.4 Å². The summed E-state index contributed by atoms with van der Waals surface area (Å²) in [5, 5.41) is 12.0. The van der Waals surface area contributed by atoms with E-state index in [4.69, 9.17) is 14.7 Å². The minimum absolute atomic E-state index is 0.695. The lowest BCUT2D eigenvalue weighted by Gasteiger charge is -2.29. The highest BCUT2D eigenvalue weighted by Gasteiger charge is 2.24. The van der Waals surface area contributed by atoms with Crippen molar-refractivity contribution < 1.29 is 23.8 Å². The molecule has 0 atom stereocenters. The van der Waals surface area contributed by atoms with E-state index in [1.54, 1.807) is 41.5 Å². The van der Waals surface area contributed by atoms with Gasteiger partial charge in [0.25, 0.3) is 0 Å². The van der Waals surface area contributed by atoms with Crippen LogP contribution in [-0.4, -0.2) is 49.7 Å². The van der Waals surface area contributed by atoms with Crippen molar-refractivity contribution in [3.8, 4) is 6.07 Å². The molecule has 1 saturated heterocycles. The molecule has 0 radical (unpaired) electrons. The molecule has 0 aromatic heterocycles. The Morgan fingerprint density at radius 2 is 1.32 bits per heavy atom. The number of nitrogens with one attached hydrogen (secondary N) is 1. The van der Waals surface area contributed by atoms with Gasteiger partial charge in [0.1, 0.15) is 11.2 Å². The normalized spacial score (nSPS) is 13.3. The molecule has 31 heavy (non-hydrogen) atoms. The molecule has 8 heteroatoms. The second-order valence-corrected chi connectivity index (χ2v) is 8.43. The summed E-state index contributed by atoms with van der Waals surface area (Å²) in [5.41, 5.74) is 0.549. The van der Waals surface area contributed by atoms with Crippen LogP contribution >= 0.6 is 0 Å². The van der Waals surface area contributed by atoms with Crippen molar-refractivity contribution in [2.75, 3.05) is 31.1 Å². The smallest absolute Gasteiger partial charge is 0.428 e. The van der Waals surface area contributed by atoms with Crippen LogP contribution in [0.3, 0.4) is 0 Å². The molecule has 1 N–H and O–H groups in total. The lowest BCUT2D eigenvalue weighted by atomic mass is 10.2. The fraction of sp³-hybridized carbons (Fsp3) is 0.609. The zero-order chi connectivity index (χ0) is 24.1. The van der Waals surface area contributed by atoms with Gasteiger partial charge in [0.2, 0.25) is 0 Å². The Balaban J connectivity index is 0.000000538. The van der Waals surface area contributed by atoms with E-state index >= 15 is 0 Å². The third kappa shape index (κ3) is 13.9. The number of anilines is 1. The quantitative estimate of drug-likeness (QED) is 0.493. The summed E-state index contributed by atoms with van der Waals surface area (Å²) in [4.78, 5) is 24.4. The van der Waals surface area contributed by atoms with Gasteiger partial charge in [-0.15, -0.1) is 0 Å². The molecule has 2 rings (SSSR count). The molecule has 0 spiro atoms. The number of rotatable bonds is 1. The van der Waals surface area contributed by atoms with E-state index in [9.17, 15) is 9.59 Å². The molecule has 174 valence electrons. The van der Waals surface area contributed by atoms with Crippen molar-refractivity contribution in [2.45, 2.75) is 66.6 Å². The molecule has 1 heterocycles. The molecule has 0 unspecified atom stereocenters. The number of nitriles is 1. The van der Waals surface area contributed by atoms with Crippen molar-refractivity contribution >= 4 is 18.0 Å². The van der Waals surface area contributed by atoms with Gasteiger partial charge in [-0.05, 0) is 65.8 Å². The number of nitrogens with zero attached hydrogens (tertiary/aromatic N) is 2. The molecule has 8 nitrogen and oxygen atoms in total. The Bertz CT molecular complexity index is 681. The average Bonchev–Trinajstić information content (AvgIpc) is 2.68. The summed E-state index contributed by atoms with van der Waals surface area (Å²) in [5.74, 6) is 0. The van der Waals surface area contributed by atoms with Gasteiger partial charge in [0.05, 0.1) is 11.6 Å². The van der Waals surface area contributed by atoms with Gasteiger partial charge in [-0.3, -0.25) is 0 Å². The summed E-state index contributed by atoms with van der Waals surface area (Å²) in [6.07, 6.45) is -2.12. The van der Waals surface area contributed by atoms with Crippen LogP contribution in [0.15, 0.2) is 24.3 Å². The van der Waals surface area contributed by atoms with Crippen LogP contribution in [0, 0.1) is 11.3 Å². The number of hydrogen-bond donors (Lipinski definition) is 1. The molecule has 0 aliphatic carbocycles. The molecule has 1 aliphatic heterocycles. The maximum Gasteiger partial charge on any atom is 0.519 e. The zero-order valence-electron chi connectivity index (χ0n) is 20.1. The molecular formula is C23H37N3O5. The first kappa shape index (κ1) is 28.2. The van der Waals surface area contributed by atoms with Gasteiger partial charge in [0.15, 0.2) is 0 Å². The summed E-state index contributed by atoms with van der Waals surface area (Å²) in [6.45, 7) is 18.2. The first-order valence-electron chi connectivity index (χ1n) is 10.5. The topological polar surface area (TPSA) is 101 Å². The molecule has 0 saturated carbocycles. The van der Waals surface area contributed by atoms with Crippen molar-refractivity contribution in [1.29, 1.82) is 5.26 Å². The van der Waals surface area contributed by atoms with Crippen molar-refractivity contribution in [1.82, 2.24) is 5.32 Å². The Morgan fingerprint density at radius 3 is 1.68 bits per heavy atom. The monoisotopic (exact) mass is 435 g/mol. The van der Waals surface area contributed by atoms with Crippen LogP contribution in [-0.2, 0) is 14.2 Å². The van der Waals surface area contributed by atoms with Crippen molar-refractivity contribution in [3.05, 3.63) is 29.8 Å². The summed E-state index contributed by atoms with van der Waals surface area (Å²) in [7, 11) is 0. The van der Waals surface area contributed by atoms with E-state index in [1.807, 2.05) is 38.1 Å². The SMILES string of the molecule is CC.CC(C)(C)OC(=O)OC(=O)OC(C)(C)C.N#Cc1ccc(N2CCNCC2)cc1. The van der Waals surface area contributed by atoms with E-state index in [2.05, 4.69) is 21.0 Å². The Morgan fingerprint density at radius 1 is 0.903 bits per heavy atom. The highest BCUT2D eigenvalue weighted by molar-refractivity contribution is 5.77. The van der Waals surface area contributed by atoms with E-state index in [0.717, 1.165) is 31.7 Å². The highest BCUT2D eigenvalue weighted by Crippen LogP contribution is 2.15. The molecular weight excluding hydrogens is 398 g/mol. The van der Waals surface area contributed by atoms with Crippen LogP contribution in [0.4, 0.5) is 15.3 Å². The Labute approximate surface area is 186 Å². The number of hydrogen-bond acceptors (Lipinski definition) is 8. The fourth-order valence-corrected chi connectivity index (χ4v) is 2.28. The minimum atomic E-state index is -1.06. The summed E-state index contributed by atoms with van der Waals surface area (Å²) in [6, 6.07) is 9.91. The van der Waals surface area contributed by atoms with E-state index in [-0.39, 0.29) is 0 Å². The molecule has 1 fully saturated rings. The van der Waals surface area contributed by atoms with Gasteiger partial charge in [-0.1, -0.05) is 13.8 Å². The van der Waals surface area contributed by atoms with Crippen LogP contribution < -0.4 is 10.2 Å². The number of carbonyl (C=O) groups excluding carboxylic acids is 2. The van der Waals surface area contributed by atoms with Crippen LogP contribution in [0.5, 0.6) is 0 Å². The first-order valence-corrected chi connectivity index (χ1v) is 10.5. The van der Waals surface area contributed by atoms with Crippen LogP contribution in [0.2, 0.25) is 0 Å². The van der Waals surface area contributed by atoms with Gasteiger partial charge in [0, 0.05) is 31.9 Å².